The van der Waals surface area contributed by atoms with Crippen LogP contribution in [0.25, 0.3) is 10.8 Å². The van der Waals surface area contributed by atoms with Crippen LogP contribution in [0.15, 0.2) is 36.4 Å². The molecule has 0 bridgehead atoms. The summed E-state index contributed by atoms with van der Waals surface area (Å²) >= 11 is 0. The topological polar surface area (TPSA) is 70.8 Å². The van der Waals surface area contributed by atoms with Gasteiger partial charge < -0.3 is 19.9 Å². The molecular formula is C16H19NO4. The van der Waals surface area contributed by atoms with Crippen LogP contribution in [-0.2, 0) is 14.3 Å². The van der Waals surface area contributed by atoms with Crippen molar-refractivity contribution in [3.63, 3.8) is 0 Å². The molecule has 0 saturated heterocycles. The van der Waals surface area contributed by atoms with Crippen LogP contribution < -0.4 is 10.5 Å². The monoisotopic (exact) mass is 289 g/mol. The van der Waals surface area contributed by atoms with E-state index in [0.717, 1.165) is 22.2 Å². The molecule has 0 aliphatic carbocycles. The van der Waals surface area contributed by atoms with Gasteiger partial charge in [-0.3, -0.25) is 0 Å². The number of esters is 1. The van der Waals surface area contributed by atoms with Crippen molar-refractivity contribution in [3.8, 4) is 5.75 Å². The van der Waals surface area contributed by atoms with Crippen LogP contribution in [0.3, 0.4) is 0 Å². The summed E-state index contributed by atoms with van der Waals surface area (Å²) in [4.78, 5) is 11.1. The van der Waals surface area contributed by atoms with Gasteiger partial charge >= 0.3 is 5.97 Å². The van der Waals surface area contributed by atoms with Crippen LogP contribution in [0, 0.1) is 0 Å². The molecule has 2 rings (SSSR count). The van der Waals surface area contributed by atoms with Crippen LogP contribution in [0.1, 0.15) is 6.92 Å². The van der Waals surface area contributed by atoms with Gasteiger partial charge in [0, 0.05) is 16.5 Å². The minimum absolute atomic E-state index is 0.0559. The van der Waals surface area contributed by atoms with Crippen LogP contribution in [0.5, 0.6) is 5.75 Å². The standard InChI is InChI=1S/C16H19NO4/c1-2-20-16(18)11-19-9-10-21-15-8-4-5-12-13(15)6-3-7-14(12)17/h3-8H,2,9-11,17H2,1H3. The van der Waals surface area contributed by atoms with E-state index in [1.165, 1.54) is 0 Å². The lowest BCUT2D eigenvalue weighted by Crippen LogP contribution is -2.15. The Morgan fingerprint density at radius 3 is 2.67 bits per heavy atom. The van der Waals surface area contributed by atoms with E-state index in [-0.39, 0.29) is 12.6 Å². The molecule has 2 N–H and O–H groups in total. The van der Waals surface area contributed by atoms with Crippen LogP contribution in [0.2, 0.25) is 0 Å². The smallest absolute Gasteiger partial charge is 0.332 e. The lowest BCUT2D eigenvalue weighted by Gasteiger charge is -2.10. The first-order valence-electron chi connectivity index (χ1n) is 6.85. The van der Waals surface area contributed by atoms with Crippen molar-refractivity contribution >= 4 is 22.4 Å². The van der Waals surface area contributed by atoms with Crippen LogP contribution in [0.4, 0.5) is 5.69 Å². The molecule has 0 aliphatic heterocycles. The maximum atomic E-state index is 11.1. The Labute approximate surface area is 123 Å². The van der Waals surface area contributed by atoms with Gasteiger partial charge in [0.2, 0.25) is 0 Å². The van der Waals surface area contributed by atoms with Crippen molar-refractivity contribution in [1.29, 1.82) is 0 Å². The molecule has 112 valence electrons. The van der Waals surface area contributed by atoms with Gasteiger partial charge in [-0.2, -0.15) is 0 Å². The number of rotatable bonds is 7. The molecule has 0 aromatic heterocycles. The molecule has 0 radical (unpaired) electrons. The Bertz CT molecular complexity index is 612. The molecule has 0 atom stereocenters. The predicted molar refractivity (Wildman–Crippen MR) is 81.3 cm³/mol. The average Bonchev–Trinajstić information content (AvgIpc) is 2.48. The third-order valence-corrected chi connectivity index (χ3v) is 2.93. The van der Waals surface area contributed by atoms with Gasteiger partial charge in [-0.15, -0.1) is 0 Å². The fourth-order valence-electron chi connectivity index (χ4n) is 2.00. The van der Waals surface area contributed by atoms with Crippen LogP contribution in [-0.4, -0.2) is 32.4 Å². The van der Waals surface area contributed by atoms with Crippen LogP contribution >= 0.6 is 0 Å². The first-order valence-corrected chi connectivity index (χ1v) is 6.85. The average molecular weight is 289 g/mol. The highest BCUT2D eigenvalue weighted by molar-refractivity contribution is 5.96. The van der Waals surface area contributed by atoms with E-state index in [9.17, 15) is 4.79 Å². The van der Waals surface area contributed by atoms with Crippen molar-refractivity contribution in [1.82, 2.24) is 0 Å². The van der Waals surface area contributed by atoms with Crippen molar-refractivity contribution in [3.05, 3.63) is 36.4 Å². The summed E-state index contributed by atoms with van der Waals surface area (Å²) in [5.74, 6) is 0.384. The van der Waals surface area contributed by atoms with E-state index in [0.29, 0.717) is 19.8 Å². The Morgan fingerprint density at radius 2 is 1.86 bits per heavy atom. The van der Waals surface area contributed by atoms with E-state index >= 15 is 0 Å². The molecule has 2 aromatic carbocycles. The highest BCUT2D eigenvalue weighted by Crippen LogP contribution is 2.29. The second kappa shape index (κ2) is 7.50. The highest BCUT2D eigenvalue weighted by Gasteiger charge is 2.05. The number of anilines is 1. The minimum Gasteiger partial charge on any atom is -0.491 e. The molecule has 0 saturated carbocycles. The second-order valence-electron chi connectivity index (χ2n) is 4.40. The number of carbonyl (C=O) groups is 1. The van der Waals surface area contributed by atoms with Gasteiger partial charge in [0.1, 0.15) is 19.0 Å². The molecule has 0 unspecified atom stereocenters. The maximum Gasteiger partial charge on any atom is 0.332 e. The number of nitrogens with two attached hydrogens (primary N) is 1. The quantitative estimate of drug-likeness (QED) is 0.481. The summed E-state index contributed by atoms with van der Waals surface area (Å²) in [6.07, 6.45) is 0. The molecule has 0 heterocycles. The Balaban J connectivity index is 1.87. The third-order valence-electron chi connectivity index (χ3n) is 2.93. The fraction of sp³-hybridized carbons (Fsp3) is 0.312. The molecular weight excluding hydrogens is 270 g/mol. The van der Waals surface area contributed by atoms with E-state index in [1.54, 1.807) is 6.92 Å². The number of fused-ring (bicyclic) bond motifs is 1. The number of hydrogen-bond acceptors (Lipinski definition) is 5. The largest absolute Gasteiger partial charge is 0.491 e. The number of carbonyl (C=O) groups excluding carboxylic acids is 1. The molecule has 21 heavy (non-hydrogen) atoms. The van der Waals surface area contributed by atoms with E-state index in [1.807, 2.05) is 36.4 Å². The molecule has 5 nitrogen and oxygen atoms in total. The van der Waals surface area contributed by atoms with E-state index in [4.69, 9.17) is 19.9 Å². The molecule has 0 aliphatic rings. The number of hydrogen-bond donors (Lipinski definition) is 1. The zero-order chi connectivity index (χ0) is 15.1. The Morgan fingerprint density at radius 1 is 1.10 bits per heavy atom. The molecule has 5 heteroatoms. The molecule has 0 spiro atoms. The summed E-state index contributed by atoms with van der Waals surface area (Å²) in [5.41, 5.74) is 6.65. The zero-order valence-corrected chi connectivity index (χ0v) is 12.0. The number of benzene rings is 2. The summed E-state index contributed by atoms with van der Waals surface area (Å²) in [6.45, 7) is 2.73. The zero-order valence-electron chi connectivity index (χ0n) is 12.0. The number of ether oxygens (including phenoxy) is 3. The third kappa shape index (κ3) is 4.10. The molecule has 2 aromatic rings. The summed E-state index contributed by atoms with van der Waals surface area (Å²) in [7, 11) is 0. The first-order chi connectivity index (χ1) is 10.2. The predicted octanol–water partition coefficient (Wildman–Crippen LogP) is 2.38. The van der Waals surface area contributed by atoms with Gasteiger partial charge in [-0.25, -0.2) is 4.79 Å². The minimum atomic E-state index is -0.365. The second-order valence-corrected chi connectivity index (χ2v) is 4.40. The Hall–Kier alpha value is -2.27. The first kappa shape index (κ1) is 15.1. The summed E-state index contributed by atoms with van der Waals surface area (Å²) in [5, 5.41) is 1.92. The fourth-order valence-corrected chi connectivity index (χ4v) is 2.00. The van der Waals surface area contributed by atoms with E-state index < -0.39 is 0 Å². The van der Waals surface area contributed by atoms with Crippen molar-refractivity contribution < 1.29 is 19.0 Å². The van der Waals surface area contributed by atoms with Gasteiger partial charge in [0.05, 0.1) is 13.2 Å². The molecule has 0 fully saturated rings. The van der Waals surface area contributed by atoms with Crippen molar-refractivity contribution in [2.24, 2.45) is 0 Å². The van der Waals surface area contributed by atoms with Crippen molar-refractivity contribution in [2.45, 2.75) is 6.92 Å². The van der Waals surface area contributed by atoms with Gasteiger partial charge in [-0.05, 0) is 19.1 Å². The SMILES string of the molecule is CCOC(=O)COCCOc1cccc2c(N)cccc12. The van der Waals surface area contributed by atoms with Gasteiger partial charge in [-0.1, -0.05) is 24.3 Å². The lowest BCUT2D eigenvalue weighted by molar-refractivity contribution is -0.148. The molecule has 0 amide bonds. The summed E-state index contributed by atoms with van der Waals surface area (Å²) < 4.78 is 15.6. The maximum absolute atomic E-state index is 11.1. The normalized spacial score (nSPS) is 10.5. The Kier molecular flexibility index (Phi) is 5.40. The summed E-state index contributed by atoms with van der Waals surface area (Å²) in [6, 6.07) is 11.4. The van der Waals surface area contributed by atoms with Crippen molar-refractivity contribution in [2.75, 3.05) is 32.2 Å². The van der Waals surface area contributed by atoms with Gasteiger partial charge in [0.25, 0.3) is 0 Å². The van der Waals surface area contributed by atoms with Gasteiger partial charge in [0.15, 0.2) is 0 Å². The lowest BCUT2D eigenvalue weighted by atomic mass is 10.1. The van der Waals surface area contributed by atoms with E-state index in [2.05, 4.69) is 0 Å². The number of nitrogen functional groups attached to an aromatic ring is 1. The highest BCUT2D eigenvalue weighted by atomic mass is 16.6.